The molecule has 6 nitrogen and oxygen atoms in total. The molecule has 0 saturated carbocycles. The lowest BCUT2D eigenvalue weighted by molar-refractivity contribution is -0.140. The van der Waals surface area contributed by atoms with E-state index in [0.717, 1.165) is 55.5 Å². The topological polar surface area (TPSA) is 66.7 Å². The van der Waals surface area contributed by atoms with Crippen molar-refractivity contribution in [1.29, 1.82) is 0 Å². The van der Waals surface area contributed by atoms with Crippen molar-refractivity contribution in [2.45, 2.75) is 57.9 Å². The normalized spacial score (nSPS) is 17.0. The Morgan fingerprint density at radius 1 is 1.06 bits per heavy atom. The summed E-state index contributed by atoms with van der Waals surface area (Å²) in [6, 6.07) is 14.1. The molecule has 0 bridgehead atoms. The minimum Gasteiger partial charge on any atom is -0.342 e. The minimum atomic E-state index is -0.910. The van der Waals surface area contributed by atoms with Crippen molar-refractivity contribution in [3.63, 3.8) is 0 Å². The molecule has 0 radical (unpaired) electrons. The van der Waals surface area contributed by atoms with Gasteiger partial charge < -0.3 is 14.6 Å². The Labute approximate surface area is 196 Å². The van der Waals surface area contributed by atoms with Crippen LogP contribution in [0, 0.1) is 5.92 Å². The molecule has 3 heterocycles. The lowest BCUT2D eigenvalue weighted by Crippen LogP contribution is -2.56. The van der Waals surface area contributed by atoms with Gasteiger partial charge in [-0.3, -0.25) is 14.6 Å². The van der Waals surface area contributed by atoms with Gasteiger partial charge in [0.2, 0.25) is 11.8 Å². The Morgan fingerprint density at radius 3 is 2.70 bits per heavy atom. The van der Waals surface area contributed by atoms with Crippen LogP contribution in [0.1, 0.15) is 50.8 Å². The van der Waals surface area contributed by atoms with E-state index in [2.05, 4.69) is 20.8 Å². The standard InChI is InChI=1S/C27H34N4O2/c1-27(2,29-25(32)13-12-21-8-4-3-5-9-21)26(33)31-17-6-10-22(14-18-31)20-23-24-11-7-16-30(24)19-15-28-23/h3-5,7-9,11,15-16,19,22H,6,10,12-14,17-18,20H2,1-2H3,(H,29,32). The summed E-state index contributed by atoms with van der Waals surface area (Å²) in [6.07, 6.45) is 10.9. The van der Waals surface area contributed by atoms with Crippen molar-refractivity contribution in [3.05, 3.63) is 72.3 Å². The zero-order valence-corrected chi connectivity index (χ0v) is 19.7. The maximum atomic E-state index is 13.3. The van der Waals surface area contributed by atoms with E-state index in [0.29, 0.717) is 18.8 Å². The largest absolute Gasteiger partial charge is 0.342 e. The number of nitrogens with zero attached hydrogens (tertiary/aromatic N) is 3. The number of amides is 2. The zero-order valence-electron chi connectivity index (χ0n) is 19.7. The van der Waals surface area contributed by atoms with E-state index in [9.17, 15) is 9.59 Å². The number of benzene rings is 1. The summed E-state index contributed by atoms with van der Waals surface area (Å²) >= 11 is 0. The van der Waals surface area contributed by atoms with E-state index < -0.39 is 5.54 Å². The molecule has 1 aliphatic heterocycles. The highest BCUT2D eigenvalue weighted by atomic mass is 16.2. The van der Waals surface area contributed by atoms with Gasteiger partial charge in [0, 0.05) is 38.1 Å². The smallest absolute Gasteiger partial charge is 0.247 e. The molecule has 1 saturated heterocycles. The van der Waals surface area contributed by atoms with Gasteiger partial charge in [0.25, 0.3) is 0 Å². The van der Waals surface area contributed by atoms with Crippen molar-refractivity contribution in [2.75, 3.05) is 13.1 Å². The molecule has 1 N–H and O–H groups in total. The van der Waals surface area contributed by atoms with Crippen LogP contribution in [0.25, 0.3) is 5.52 Å². The Hall–Kier alpha value is -3.15. The summed E-state index contributed by atoms with van der Waals surface area (Å²) in [5, 5.41) is 2.97. The first-order valence-corrected chi connectivity index (χ1v) is 12.0. The number of nitrogens with one attached hydrogen (secondary N) is 1. The van der Waals surface area contributed by atoms with E-state index in [-0.39, 0.29) is 11.8 Å². The molecule has 4 rings (SSSR count). The van der Waals surface area contributed by atoms with Crippen LogP contribution >= 0.6 is 0 Å². The lowest BCUT2D eigenvalue weighted by Gasteiger charge is -2.32. The van der Waals surface area contributed by atoms with Crippen LogP contribution < -0.4 is 5.32 Å². The first-order valence-electron chi connectivity index (χ1n) is 12.0. The molecule has 1 unspecified atom stereocenters. The summed E-state index contributed by atoms with van der Waals surface area (Å²) in [6.45, 7) is 5.09. The van der Waals surface area contributed by atoms with Crippen LogP contribution in [0.2, 0.25) is 0 Å². The van der Waals surface area contributed by atoms with Crippen molar-refractivity contribution in [2.24, 2.45) is 5.92 Å². The quantitative estimate of drug-likeness (QED) is 0.596. The Kier molecular flexibility index (Phi) is 7.11. The highest BCUT2D eigenvalue weighted by Crippen LogP contribution is 2.24. The molecule has 0 aliphatic carbocycles. The number of hydrogen-bond acceptors (Lipinski definition) is 3. The van der Waals surface area contributed by atoms with Gasteiger partial charge in [0.05, 0.1) is 11.2 Å². The predicted molar refractivity (Wildman–Crippen MR) is 130 cm³/mol. The summed E-state index contributed by atoms with van der Waals surface area (Å²) in [7, 11) is 0. The third-order valence-corrected chi connectivity index (χ3v) is 6.62. The monoisotopic (exact) mass is 446 g/mol. The van der Waals surface area contributed by atoms with Crippen LogP contribution in [0.4, 0.5) is 0 Å². The summed E-state index contributed by atoms with van der Waals surface area (Å²) in [4.78, 5) is 32.4. The summed E-state index contributed by atoms with van der Waals surface area (Å²) in [5.41, 5.74) is 2.50. The molecule has 33 heavy (non-hydrogen) atoms. The highest BCUT2D eigenvalue weighted by Gasteiger charge is 2.34. The number of hydrogen-bond donors (Lipinski definition) is 1. The Balaban J connectivity index is 1.30. The van der Waals surface area contributed by atoms with Crippen LogP contribution in [0.15, 0.2) is 61.1 Å². The SMILES string of the molecule is CC(C)(NC(=O)CCc1ccccc1)C(=O)N1CCCC(Cc2nccn3cccc23)CC1. The van der Waals surface area contributed by atoms with Crippen molar-refractivity contribution in [3.8, 4) is 0 Å². The second kappa shape index (κ2) is 10.2. The number of rotatable bonds is 7. The Morgan fingerprint density at radius 2 is 1.88 bits per heavy atom. The van der Waals surface area contributed by atoms with Gasteiger partial charge in [-0.25, -0.2) is 0 Å². The number of carbonyl (C=O) groups excluding carboxylic acids is 2. The fourth-order valence-electron chi connectivity index (χ4n) is 4.80. The average Bonchev–Trinajstić information content (AvgIpc) is 3.18. The number of fused-ring (bicyclic) bond motifs is 1. The van der Waals surface area contributed by atoms with Crippen molar-refractivity contribution in [1.82, 2.24) is 19.6 Å². The van der Waals surface area contributed by atoms with Gasteiger partial charge in [0.1, 0.15) is 5.54 Å². The maximum Gasteiger partial charge on any atom is 0.247 e. The molecule has 0 spiro atoms. The summed E-state index contributed by atoms with van der Waals surface area (Å²) in [5.74, 6) is 0.416. The molecule has 2 amide bonds. The van der Waals surface area contributed by atoms with Gasteiger partial charge >= 0.3 is 0 Å². The van der Waals surface area contributed by atoms with Gasteiger partial charge in [-0.15, -0.1) is 0 Å². The molecule has 2 aromatic heterocycles. The Bertz CT molecular complexity index is 1090. The van der Waals surface area contributed by atoms with E-state index in [4.69, 9.17) is 0 Å². The van der Waals surface area contributed by atoms with Crippen LogP contribution in [0.5, 0.6) is 0 Å². The second-order valence-electron chi connectivity index (χ2n) is 9.63. The van der Waals surface area contributed by atoms with Crippen LogP contribution in [-0.2, 0) is 22.4 Å². The molecule has 1 aromatic carbocycles. The highest BCUT2D eigenvalue weighted by molar-refractivity contribution is 5.90. The third kappa shape index (κ3) is 5.81. The van der Waals surface area contributed by atoms with Gasteiger partial charge in [0.15, 0.2) is 0 Å². The van der Waals surface area contributed by atoms with Crippen LogP contribution in [0.3, 0.4) is 0 Å². The maximum absolute atomic E-state index is 13.3. The van der Waals surface area contributed by atoms with E-state index in [1.807, 2.05) is 73.7 Å². The number of likely N-dealkylation sites (tertiary alicyclic amines) is 1. The first-order chi connectivity index (χ1) is 15.9. The zero-order chi connectivity index (χ0) is 23.3. The second-order valence-corrected chi connectivity index (χ2v) is 9.63. The fourth-order valence-corrected chi connectivity index (χ4v) is 4.80. The number of carbonyl (C=O) groups is 2. The summed E-state index contributed by atoms with van der Waals surface area (Å²) < 4.78 is 2.11. The molecule has 174 valence electrons. The van der Waals surface area contributed by atoms with Crippen molar-refractivity contribution < 1.29 is 9.59 Å². The van der Waals surface area contributed by atoms with E-state index >= 15 is 0 Å². The first kappa shape index (κ1) is 23.0. The minimum absolute atomic E-state index is 0.00280. The lowest BCUT2D eigenvalue weighted by atomic mass is 9.95. The van der Waals surface area contributed by atoms with Gasteiger partial charge in [-0.2, -0.15) is 0 Å². The van der Waals surface area contributed by atoms with Crippen LogP contribution in [-0.4, -0.2) is 44.7 Å². The van der Waals surface area contributed by atoms with Gasteiger partial charge in [-0.05, 0) is 69.6 Å². The van der Waals surface area contributed by atoms with E-state index in [1.54, 1.807) is 0 Å². The molecule has 1 atom stereocenters. The number of aromatic nitrogens is 2. The number of aryl methyl sites for hydroxylation is 1. The van der Waals surface area contributed by atoms with E-state index in [1.165, 1.54) is 0 Å². The third-order valence-electron chi connectivity index (χ3n) is 6.62. The molecule has 6 heteroatoms. The fraction of sp³-hybridized carbons (Fsp3) is 0.444. The average molecular weight is 447 g/mol. The molecule has 1 aliphatic rings. The molecule has 3 aromatic rings. The molecular weight excluding hydrogens is 412 g/mol. The molecule has 1 fully saturated rings. The predicted octanol–water partition coefficient (Wildman–Crippen LogP) is 4.03. The molecular formula is C27H34N4O2. The van der Waals surface area contributed by atoms with Gasteiger partial charge in [-0.1, -0.05) is 30.3 Å². The van der Waals surface area contributed by atoms with Crippen molar-refractivity contribution >= 4 is 17.3 Å².